The zero-order chi connectivity index (χ0) is 15.0. The van der Waals surface area contributed by atoms with Crippen molar-refractivity contribution in [2.75, 3.05) is 6.54 Å². The number of carbonyl (C=O) groups excluding carboxylic acids is 1. The Kier molecular flexibility index (Phi) is 7.27. The van der Waals surface area contributed by atoms with Gasteiger partial charge >= 0.3 is 0 Å². The molecule has 0 N–H and O–H groups in total. The largest absolute Gasteiger partial charge is 0.340 e. The molecule has 1 aromatic rings. The van der Waals surface area contributed by atoms with Crippen LogP contribution in [0.15, 0.2) is 24.3 Å². The number of halogens is 1. The first-order chi connectivity index (χ1) is 9.60. The summed E-state index contributed by atoms with van der Waals surface area (Å²) < 4.78 is 13.5. The summed E-state index contributed by atoms with van der Waals surface area (Å²) in [6.45, 7) is 7.10. The Morgan fingerprint density at radius 3 is 2.60 bits per heavy atom. The number of unbranched alkanes of at least 4 members (excludes halogenated alkanes) is 1. The summed E-state index contributed by atoms with van der Waals surface area (Å²) in [5.41, 5.74) is 0.625. The Hall–Kier alpha value is -1.38. The molecule has 0 saturated carbocycles. The lowest BCUT2D eigenvalue weighted by Gasteiger charge is -2.28. The molecule has 0 aliphatic rings. The maximum Gasteiger partial charge on any atom is 0.223 e. The number of rotatable bonds is 8. The van der Waals surface area contributed by atoms with Gasteiger partial charge < -0.3 is 4.90 Å². The Morgan fingerprint density at radius 2 is 2.00 bits per heavy atom. The van der Waals surface area contributed by atoms with E-state index in [-0.39, 0.29) is 17.8 Å². The van der Waals surface area contributed by atoms with E-state index in [4.69, 9.17) is 0 Å². The van der Waals surface area contributed by atoms with Crippen LogP contribution in [0.3, 0.4) is 0 Å². The fourth-order valence-corrected chi connectivity index (χ4v) is 2.23. The Bertz CT molecular complexity index is 419. The first kappa shape index (κ1) is 16.7. The van der Waals surface area contributed by atoms with E-state index in [1.54, 1.807) is 12.1 Å². The van der Waals surface area contributed by atoms with Gasteiger partial charge in [0.15, 0.2) is 0 Å². The Balaban J connectivity index is 2.59. The molecular weight excluding hydrogens is 253 g/mol. The molecule has 0 heterocycles. The molecule has 1 atom stereocenters. The molecule has 0 radical (unpaired) electrons. The van der Waals surface area contributed by atoms with Crippen LogP contribution >= 0.6 is 0 Å². The molecule has 0 bridgehead atoms. The highest BCUT2D eigenvalue weighted by atomic mass is 19.1. The smallest absolute Gasteiger partial charge is 0.223 e. The van der Waals surface area contributed by atoms with Crippen molar-refractivity contribution >= 4 is 5.91 Å². The molecule has 1 aromatic carbocycles. The fourth-order valence-electron chi connectivity index (χ4n) is 2.23. The van der Waals surface area contributed by atoms with E-state index in [0.29, 0.717) is 18.4 Å². The quantitative estimate of drug-likeness (QED) is 0.699. The van der Waals surface area contributed by atoms with Crippen LogP contribution in [-0.4, -0.2) is 23.4 Å². The first-order valence-corrected chi connectivity index (χ1v) is 7.63. The highest BCUT2D eigenvalue weighted by Gasteiger charge is 2.18. The molecule has 1 unspecified atom stereocenters. The summed E-state index contributed by atoms with van der Waals surface area (Å²) in [5, 5.41) is 0. The topological polar surface area (TPSA) is 20.3 Å². The third-order valence-electron chi connectivity index (χ3n) is 3.76. The average molecular weight is 279 g/mol. The standard InChI is InChI=1S/C17H26FNO/c1-4-6-13-19(14(3)5-2)17(20)12-11-15-9-7-8-10-16(15)18/h7-10,14H,4-6,11-13H2,1-3H3. The zero-order valence-corrected chi connectivity index (χ0v) is 12.9. The van der Waals surface area contributed by atoms with Crippen LogP contribution in [0.1, 0.15) is 52.0 Å². The Labute approximate surface area is 122 Å². The number of hydrogen-bond acceptors (Lipinski definition) is 1. The summed E-state index contributed by atoms with van der Waals surface area (Å²) in [4.78, 5) is 14.3. The van der Waals surface area contributed by atoms with Gasteiger partial charge in [-0.3, -0.25) is 4.79 Å². The van der Waals surface area contributed by atoms with E-state index in [9.17, 15) is 9.18 Å². The van der Waals surface area contributed by atoms with Gasteiger partial charge in [-0.05, 0) is 37.8 Å². The van der Waals surface area contributed by atoms with Crippen LogP contribution in [0.2, 0.25) is 0 Å². The van der Waals surface area contributed by atoms with E-state index >= 15 is 0 Å². The van der Waals surface area contributed by atoms with E-state index in [2.05, 4.69) is 20.8 Å². The summed E-state index contributed by atoms with van der Waals surface area (Å²) >= 11 is 0. The number of benzene rings is 1. The zero-order valence-electron chi connectivity index (χ0n) is 12.9. The highest BCUT2D eigenvalue weighted by Crippen LogP contribution is 2.13. The third kappa shape index (κ3) is 4.95. The molecule has 112 valence electrons. The monoisotopic (exact) mass is 279 g/mol. The molecule has 0 spiro atoms. The lowest BCUT2D eigenvalue weighted by molar-refractivity contribution is -0.133. The number of aryl methyl sites for hydroxylation is 1. The number of hydrogen-bond donors (Lipinski definition) is 0. The van der Waals surface area contributed by atoms with E-state index in [1.807, 2.05) is 11.0 Å². The lowest BCUT2D eigenvalue weighted by Crippen LogP contribution is -2.39. The Morgan fingerprint density at radius 1 is 1.30 bits per heavy atom. The molecule has 1 rings (SSSR count). The van der Waals surface area contributed by atoms with Crippen molar-refractivity contribution in [2.24, 2.45) is 0 Å². The minimum atomic E-state index is -0.219. The van der Waals surface area contributed by atoms with E-state index in [1.165, 1.54) is 6.07 Å². The molecule has 1 amide bonds. The summed E-state index contributed by atoms with van der Waals surface area (Å²) in [7, 11) is 0. The molecule has 0 fully saturated rings. The fraction of sp³-hybridized carbons (Fsp3) is 0.588. The van der Waals surface area contributed by atoms with E-state index < -0.39 is 0 Å². The molecular formula is C17H26FNO. The van der Waals surface area contributed by atoms with Crippen molar-refractivity contribution in [1.82, 2.24) is 4.90 Å². The van der Waals surface area contributed by atoms with E-state index in [0.717, 1.165) is 25.8 Å². The number of nitrogens with zero attached hydrogens (tertiary/aromatic N) is 1. The van der Waals surface area contributed by atoms with Gasteiger partial charge in [0.2, 0.25) is 5.91 Å². The SMILES string of the molecule is CCCCN(C(=O)CCc1ccccc1F)C(C)CC. The second-order valence-corrected chi connectivity index (χ2v) is 5.29. The second kappa shape index (κ2) is 8.72. The predicted molar refractivity (Wildman–Crippen MR) is 81.1 cm³/mol. The maximum absolute atomic E-state index is 13.5. The number of amides is 1. The van der Waals surface area contributed by atoms with Crippen molar-refractivity contribution in [1.29, 1.82) is 0 Å². The third-order valence-corrected chi connectivity index (χ3v) is 3.76. The average Bonchev–Trinajstić information content (AvgIpc) is 2.46. The van der Waals surface area contributed by atoms with Gasteiger partial charge in [-0.2, -0.15) is 0 Å². The second-order valence-electron chi connectivity index (χ2n) is 5.29. The van der Waals surface area contributed by atoms with Crippen molar-refractivity contribution in [3.63, 3.8) is 0 Å². The molecule has 0 aromatic heterocycles. The van der Waals surface area contributed by atoms with Gasteiger partial charge in [0, 0.05) is 19.0 Å². The predicted octanol–water partition coefficient (Wildman–Crippen LogP) is 4.19. The van der Waals surface area contributed by atoms with Crippen LogP contribution < -0.4 is 0 Å². The van der Waals surface area contributed by atoms with Crippen molar-refractivity contribution in [3.05, 3.63) is 35.6 Å². The molecule has 20 heavy (non-hydrogen) atoms. The lowest BCUT2D eigenvalue weighted by atomic mass is 10.1. The van der Waals surface area contributed by atoms with Crippen molar-refractivity contribution < 1.29 is 9.18 Å². The van der Waals surface area contributed by atoms with Gasteiger partial charge in [-0.25, -0.2) is 4.39 Å². The molecule has 0 saturated heterocycles. The maximum atomic E-state index is 13.5. The van der Waals surface area contributed by atoms with Crippen molar-refractivity contribution in [3.8, 4) is 0 Å². The van der Waals surface area contributed by atoms with Crippen molar-refractivity contribution in [2.45, 2.75) is 58.9 Å². The minimum Gasteiger partial charge on any atom is -0.340 e. The van der Waals surface area contributed by atoms with Crippen LogP contribution in [-0.2, 0) is 11.2 Å². The summed E-state index contributed by atoms with van der Waals surface area (Å²) in [6, 6.07) is 6.94. The van der Waals surface area contributed by atoms with Gasteiger partial charge in [0.25, 0.3) is 0 Å². The van der Waals surface area contributed by atoms with Crippen LogP contribution in [0.4, 0.5) is 4.39 Å². The highest BCUT2D eigenvalue weighted by molar-refractivity contribution is 5.76. The number of carbonyl (C=O) groups is 1. The molecule has 2 nitrogen and oxygen atoms in total. The summed E-state index contributed by atoms with van der Waals surface area (Å²) in [5.74, 6) is -0.0833. The first-order valence-electron chi connectivity index (χ1n) is 7.63. The molecule has 3 heteroatoms. The molecule has 0 aliphatic carbocycles. The van der Waals surface area contributed by atoms with Crippen LogP contribution in [0.5, 0.6) is 0 Å². The van der Waals surface area contributed by atoms with Gasteiger partial charge in [-0.15, -0.1) is 0 Å². The van der Waals surface area contributed by atoms with Gasteiger partial charge in [0.05, 0.1) is 0 Å². The van der Waals surface area contributed by atoms with Crippen LogP contribution in [0.25, 0.3) is 0 Å². The van der Waals surface area contributed by atoms with Crippen LogP contribution in [0, 0.1) is 5.82 Å². The summed E-state index contributed by atoms with van der Waals surface area (Å²) in [6.07, 6.45) is 3.91. The normalized spacial score (nSPS) is 12.2. The molecule has 0 aliphatic heterocycles. The van der Waals surface area contributed by atoms with Gasteiger partial charge in [-0.1, -0.05) is 38.5 Å². The van der Waals surface area contributed by atoms with Gasteiger partial charge in [0.1, 0.15) is 5.82 Å². The minimum absolute atomic E-state index is 0.135.